The van der Waals surface area contributed by atoms with Crippen molar-refractivity contribution in [1.29, 1.82) is 0 Å². The molecule has 26 heavy (non-hydrogen) atoms. The number of carboxylic acid groups (broad SMARTS) is 1. The molecule has 0 aliphatic heterocycles. The van der Waals surface area contributed by atoms with Gasteiger partial charge in [-0.05, 0) is 44.4 Å². The molecule has 156 valence electrons. The zero-order valence-electron chi connectivity index (χ0n) is 18.6. The van der Waals surface area contributed by atoms with Crippen molar-refractivity contribution in [2.75, 3.05) is 0 Å². The molecule has 0 aromatic carbocycles. The van der Waals surface area contributed by atoms with Gasteiger partial charge in [0, 0.05) is 0 Å². The molecule has 0 saturated carbocycles. The lowest BCUT2D eigenvalue weighted by atomic mass is 9.82. The summed E-state index contributed by atoms with van der Waals surface area (Å²) in [6.07, 6.45) is 7.52. The van der Waals surface area contributed by atoms with Crippen LogP contribution in [0.1, 0.15) is 113 Å². The predicted octanol–water partition coefficient (Wildman–Crippen LogP) is 5.43. The van der Waals surface area contributed by atoms with E-state index in [1.165, 1.54) is 0 Å². The fourth-order valence-electron chi connectivity index (χ4n) is 3.77. The van der Waals surface area contributed by atoms with Crippen LogP contribution >= 0.6 is 0 Å². The van der Waals surface area contributed by atoms with Gasteiger partial charge in [0.15, 0.2) is 0 Å². The van der Waals surface area contributed by atoms with E-state index in [0.29, 0.717) is 18.8 Å². The minimum Gasteiger partial charge on any atom is -0.547 e. The van der Waals surface area contributed by atoms with Crippen molar-refractivity contribution >= 4 is 5.97 Å². The molecule has 0 amide bonds. The average Bonchev–Trinajstić information content (AvgIpc) is 2.51. The monoisotopic (exact) mass is 371 g/mol. The number of aliphatic carboxylic acids is 1. The van der Waals surface area contributed by atoms with Crippen LogP contribution in [0.4, 0.5) is 0 Å². The highest BCUT2D eigenvalue weighted by Gasteiger charge is 2.39. The molecule has 4 nitrogen and oxygen atoms in total. The Morgan fingerprint density at radius 2 is 1.54 bits per heavy atom. The van der Waals surface area contributed by atoms with Gasteiger partial charge in [0.1, 0.15) is 5.60 Å². The summed E-state index contributed by atoms with van der Waals surface area (Å²) in [5.41, 5.74) is -1.86. The van der Waals surface area contributed by atoms with Gasteiger partial charge in [0.25, 0.3) is 0 Å². The van der Waals surface area contributed by atoms with Crippen LogP contribution in [0.25, 0.3) is 0 Å². The van der Waals surface area contributed by atoms with E-state index in [1.807, 2.05) is 13.8 Å². The number of carboxylic acids is 1. The molecule has 0 heterocycles. The van der Waals surface area contributed by atoms with Crippen LogP contribution in [-0.4, -0.2) is 17.2 Å². The molecule has 0 fully saturated rings. The zero-order valence-corrected chi connectivity index (χ0v) is 18.6. The Labute approximate surface area is 162 Å². The van der Waals surface area contributed by atoms with Crippen LogP contribution in [0.3, 0.4) is 0 Å². The van der Waals surface area contributed by atoms with Gasteiger partial charge in [-0.2, -0.15) is 0 Å². The molecule has 2 unspecified atom stereocenters. The van der Waals surface area contributed by atoms with Crippen LogP contribution in [0.5, 0.6) is 0 Å². The first-order valence-corrected chi connectivity index (χ1v) is 10.5. The van der Waals surface area contributed by atoms with Crippen molar-refractivity contribution in [2.45, 2.75) is 124 Å². The normalized spacial score (nSPS) is 16.3. The predicted molar refractivity (Wildman–Crippen MR) is 106 cm³/mol. The first kappa shape index (κ1) is 25.4. The number of unbranched alkanes of at least 4 members (excludes halogenated alkanes) is 2. The maximum atomic E-state index is 12.1. The van der Waals surface area contributed by atoms with Gasteiger partial charge < -0.3 is 9.90 Å². The van der Waals surface area contributed by atoms with Crippen molar-refractivity contribution < 1.29 is 19.7 Å². The number of hydrogen-bond acceptors (Lipinski definition) is 4. The van der Waals surface area contributed by atoms with E-state index in [9.17, 15) is 9.90 Å². The van der Waals surface area contributed by atoms with Crippen molar-refractivity contribution in [1.82, 2.24) is 0 Å². The highest BCUT2D eigenvalue weighted by molar-refractivity contribution is 5.75. The third-order valence-electron chi connectivity index (χ3n) is 4.85. The Bertz CT molecular complexity index is 397. The summed E-state index contributed by atoms with van der Waals surface area (Å²) in [5, 5.41) is 12.1. The summed E-state index contributed by atoms with van der Waals surface area (Å²) in [4.78, 5) is 23.7. The van der Waals surface area contributed by atoms with Crippen molar-refractivity contribution in [2.24, 2.45) is 11.3 Å². The van der Waals surface area contributed by atoms with Crippen molar-refractivity contribution in [3.05, 3.63) is 0 Å². The zero-order chi connectivity index (χ0) is 20.4. The van der Waals surface area contributed by atoms with E-state index in [2.05, 4.69) is 41.5 Å². The van der Waals surface area contributed by atoms with Gasteiger partial charge in [-0.3, -0.25) is 0 Å². The Hall–Kier alpha value is -0.610. The van der Waals surface area contributed by atoms with Crippen molar-refractivity contribution in [3.8, 4) is 0 Å². The molecule has 0 N–H and O–H groups in total. The van der Waals surface area contributed by atoms with Crippen LogP contribution in [-0.2, 0) is 14.6 Å². The highest BCUT2D eigenvalue weighted by Crippen LogP contribution is 2.35. The topological polar surface area (TPSA) is 58.6 Å². The lowest BCUT2D eigenvalue weighted by molar-refractivity contribution is -0.428. The second kappa shape index (κ2) is 11.3. The Kier molecular flexibility index (Phi) is 11.0. The third kappa shape index (κ3) is 9.91. The van der Waals surface area contributed by atoms with E-state index in [1.54, 1.807) is 0 Å². The fourth-order valence-corrected chi connectivity index (χ4v) is 3.77. The lowest BCUT2D eigenvalue weighted by Gasteiger charge is -2.40. The molecule has 0 aliphatic carbocycles. The number of rotatable bonds is 14. The smallest absolute Gasteiger partial charge is 0.143 e. The number of hydrogen-bond donors (Lipinski definition) is 0. The molecular formula is C22H43O4-. The van der Waals surface area contributed by atoms with Crippen molar-refractivity contribution in [3.63, 3.8) is 0 Å². The molecule has 0 aliphatic rings. The van der Waals surface area contributed by atoms with Crippen LogP contribution in [0.2, 0.25) is 0 Å². The number of carbonyl (C=O) groups is 1. The summed E-state index contributed by atoms with van der Waals surface area (Å²) in [5.74, 6) is -0.841. The molecule has 2 atom stereocenters. The number of carbonyl (C=O) groups excluding carboxylic acids is 1. The Morgan fingerprint density at radius 1 is 0.962 bits per heavy atom. The fraction of sp³-hybridized carbons (Fsp3) is 0.955. The molecule has 0 saturated heterocycles. The van der Waals surface area contributed by atoms with E-state index in [4.69, 9.17) is 9.78 Å². The third-order valence-corrected chi connectivity index (χ3v) is 4.85. The Morgan fingerprint density at radius 3 is 1.96 bits per heavy atom. The SMILES string of the molecule is CCCCC(CC)CC(CCCC)(OOC(C)(C)CC(C)(C)C)C(=O)[O-]. The Balaban J connectivity index is 5.32. The summed E-state index contributed by atoms with van der Waals surface area (Å²) < 4.78 is 0. The van der Waals surface area contributed by atoms with E-state index < -0.39 is 17.2 Å². The van der Waals surface area contributed by atoms with Crippen LogP contribution < -0.4 is 5.11 Å². The summed E-state index contributed by atoms with van der Waals surface area (Å²) in [6, 6.07) is 0. The van der Waals surface area contributed by atoms with Gasteiger partial charge in [-0.1, -0.05) is 80.1 Å². The lowest BCUT2D eigenvalue weighted by Crippen LogP contribution is -2.53. The van der Waals surface area contributed by atoms with Gasteiger partial charge in [-0.25, -0.2) is 9.78 Å². The molecule has 0 aromatic heterocycles. The largest absolute Gasteiger partial charge is 0.547 e. The molecule has 0 rings (SSSR count). The van der Waals surface area contributed by atoms with E-state index >= 15 is 0 Å². The van der Waals surface area contributed by atoms with E-state index in [0.717, 1.165) is 44.9 Å². The minimum atomic E-state index is -1.36. The molecule has 4 heteroatoms. The summed E-state index contributed by atoms with van der Waals surface area (Å²) in [6.45, 7) is 16.6. The van der Waals surface area contributed by atoms with Crippen LogP contribution in [0, 0.1) is 11.3 Å². The molecule has 0 aromatic rings. The van der Waals surface area contributed by atoms with Gasteiger partial charge >= 0.3 is 0 Å². The van der Waals surface area contributed by atoms with Gasteiger partial charge in [0.05, 0.1) is 11.6 Å². The quantitative estimate of drug-likeness (QED) is 0.301. The second-order valence-corrected chi connectivity index (χ2v) is 9.67. The second-order valence-electron chi connectivity index (χ2n) is 9.67. The summed E-state index contributed by atoms with van der Waals surface area (Å²) in [7, 11) is 0. The first-order valence-electron chi connectivity index (χ1n) is 10.5. The molecular weight excluding hydrogens is 328 g/mol. The van der Waals surface area contributed by atoms with E-state index in [-0.39, 0.29) is 5.41 Å². The van der Waals surface area contributed by atoms with Crippen LogP contribution in [0.15, 0.2) is 0 Å². The van der Waals surface area contributed by atoms with Gasteiger partial charge in [0.2, 0.25) is 0 Å². The molecule has 0 radical (unpaired) electrons. The van der Waals surface area contributed by atoms with Gasteiger partial charge in [-0.15, -0.1) is 0 Å². The maximum Gasteiger partial charge on any atom is 0.143 e. The maximum absolute atomic E-state index is 12.1. The highest BCUT2D eigenvalue weighted by atomic mass is 17.2. The summed E-state index contributed by atoms with van der Waals surface area (Å²) >= 11 is 0. The average molecular weight is 372 g/mol. The molecule has 0 spiro atoms. The standard InChI is InChI=1S/C22H44O4/c1-9-12-14-18(11-3)16-22(19(23)24,15-13-10-2)26-25-21(7,8)17-20(4,5)6/h18H,9-17H2,1-8H3,(H,23,24)/p-1. The minimum absolute atomic E-state index is 0.0630. The first-order chi connectivity index (χ1) is 11.9. The molecule has 0 bridgehead atoms.